The van der Waals surface area contributed by atoms with Gasteiger partial charge in [0.2, 0.25) is 0 Å². The van der Waals surface area contributed by atoms with E-state index in [1.807, 2.05) is 6.07 Å². The van der Waals surface area contributed by atoms with Crippen LogP contribution in [0.1, 0.15) is 52.8 Å². The lowest BCUT2D eigenvalue weighted by atomic mass is 9.96. The molecule has 4 heteroatoms. The van der Waals surface area contributed by atoms with Crippen LogP contribution in [0.25, 0.3) is 10.9 Å². The smallest absolute Gasteiger partial charge is 0.354 e. The van der Waals surface area contributed by atoms with E-state index in [4.69, 9.17) is 5.11 Å². The number of pyridine rings is 1. The van der Waals surface area contributed by atoms with Gasteiger partial charge in [-0.3, -0.25) is 0 Å². The summed E-state index contributed by atoms with van der Waals surface area (Å²) in [5, 5.41) is 10.4. The molecule has 4 rings (SSSR count). The predicted octanol–water partition coefficient (Wildman–Crippen LogP) is 4.21. The highest BCUT2D eigenvalue weighted by atomic mass is 16.4. The van der Waals surface area contributed by atoms with Gasteiger partial charge in [0.1, 0.15) is 5.69 Å². The summed E-state index contributed by atoms with van der Waals surface area (Å²) in [6.07, 6.45) is 3.03. The molecule has 0 amide bonds. The van der Waals surface area contributed by atoms with Gasteiger partial charge < -0.3 is 10.1 Å². The van der Waals surface area contributed by atoms with Gasteiger partial charge >= 0.3 is 5.97 Å². The van der Waals surface area contributed by atoms with Crippen LogP contribution in [-0.4, -0.2) is 21.0 Å². The molecule has 0 bridgehead atoms. The molecule has 0 radical (unpaired) electrons. The van der Waals surface area contributed by atoms with Crippen LogP contribution in [0.15, 0.2) is 36.4 Å². The van der Waals surface area contributed by atoms with Crippen LogP contribution >= 0.6 is 0 Å². The van der Waals surface area contributed by atoms with Crippen LogP contribution in [0.3, 0.4) is 0 Å². The SMILES string of the molecule is Cc1ccc2c(Cc3cccc(C(=O)O)n3)c(C3(C)CC3)[nH]c2c1. The monoisotopic (exact) mass is 320 g/mol. The molecule has 0 saturated heterocycles. The highest BCUT2D eigenvalue weighted by Crippen LogP contribution is 2.50. The van der Waals surface area contributed by atoms with E-state index in [1.165, 1.54) is 41.1 Å². The van der Waals surface area contributed by atoms with Crippen molar-refractivity contribution in [2.45, 2.75) is 38.5 Å². The Morgan fingerprint density at radius 2 is 2.08 bits per heavy atom. The number of nitrogens with zero attached hydrogens (tertiary/aromatic N) is 1. The van der Waals surface area contributed by atoms with Gasteiger partial charge in [-0.2, -0.15) is 0 Å². The lowest BCUT2D eigenvalue weighted by molar-refractivity contribution is 0.0690. The molecule has 24 heavy (non-hydrogen) atoms. The highest BCUT2D eigenvalue weighted by molar-refractivity contribution is 5.87. The molecular weight excluding hydrogens is 300 g/mol. The summed E-state index contributed by atoms with van der Waals surface area (Å²) in [5.41, 5.74) is 6.03. The Morgan fingerprint density at radius 1 is 1.29 bits per heavy atom. The predicted molar refractivity (Wildman–Crippen MR) is 93.6 cm³/mol. The molecule has 0 aliphatic heterocycles. The lowest BCUT2D eigenvalue weighted by Gasteiger charge is -2.11. The third-order valence-corrected chi connectivity index (χ3v) is 5.05. The fourth-order valence-corrected chi connectivity index (χ4v) is 3.38. The standard InChI is InChI=1S/C20H20N2O2/c1-12-6-7-14-15(11-13-4-3-5-16(21-13)19(23)24)18(20(2)8-9-20)22-17(14)10-12/h3-7,10,22H,8-9,11H2,1-2H3,(H,23,24). The van der Waals surface area contributed by atoms with E-state index in [1.54, 1.807) is 6.07 Å². The maximum atomic E-state index is 11.2. The summed E-state index contributed by atoms with van der Waals surface area (Å²) in [7, 11) is 0. The fraction of sp³-hybridized carbons (Fsp3) is 0.300. The van der Waals surface area contributed by atoms with Gasteiger partial charge in [0, 0.05) is 34.1 Å². The number of fused-ring (bicyclic) bond motifs is 1. The lowest BCUT2D eigenvalue weighted by Crippen LogP contribution is -2.07. The minimum Gasteiger partial charge on any atom is -0.477 e. The summed E-state index contributed by atoms with van der Waals surface area (Å²) in [5.74, 6) is -0.985. The Kier molecular flexibility index (Phi) is 3.23. The molecular formula is C20H20N2O2. The number of hydrogen-bond acceptors (Lipinski definition) is 2. The van der Waals surface area contributed by atoms with Crippen molar-refractivity contribution >= 4 is 16.9 Å². The Hall–Kier alpha value is -2.62. The number of aromatic carboxylic acids is 1. The first-order valence-electron chi connectivity index (χ1n) is 8.27. The number of benzene rings is 1. The first kappa shape index (κ1) is 14.9. The quantitative estimate of drug-likeness (QED) is 0.756. The van der Waals surface area contributed by atoms with Crippen LogP contribution in [0, 0.1) is 6.92 Å². The van der Waals surface area contributed by atoms with Crippen molar-refractivity contribution in [2.24, 2.45) is 0 Å². The summed E-state index contributed by atoms with van der Waals surface area (Å²) in [6, 6.07) is 11.7. The molecule has 1 aromatic carbocycles. The van der Waals surface area contributed by atoms with Crippen molar-refractivity contribution in [2.75, 3.05) is 0 Å². The number of carbonyl (C=O) groups is 1. The second-order valence-corrected chi connectivity index (χ2v) is 7.08. The number of carboxylic acid groups (broad SMARTS) is 1. The van der Waals surface area contributed by atoms with Gasteiger partial charge in [-0.15, -0.1) is 0 Å². The number of hydrogen-bond donors (Lipinski definition) is 2. The molecule has 2 heterocycles. The molecule has 1 fully saturated rings. The van der Waals surface area contributed by atoms with Crippen molar-refractivity contribution in [3.05, 3.63) is 64.6 Å². The minimum absolute atomic E-state index is 0.0994. The molecule has 4 nitrogen and oxygen atoms in total. The maximum absolute atomic E-state index is 11.2. The summed E-state index contributed by atoms with van der Waals surface area (Å²) >= 11 is 0. The maximum Gasteiger partial charge on any atom is 0.354 e. The van der Waals surface area contributed by atoms with Crippen LogP contribution < -0.4 is 0 Å². The molecule has 0 unspecified atom stereocenters. The first-order valence-corrected chi connectivity index (χ1v) is 8.27. The molecule has 0 atom stereocenters. The molecule has 2 N–H and O–H groups in total. The molecule has 2 aromatic heterocycles. The zero-order valence-corrected chi connectivity index (χ0v) is 13.9. The van der Waals surface area contributed by atoms with Crippen LogP contribution in [0.4, 0.5) is 0 Å². The molecule has 0 spiro atoms. The Morgan fingerprint density at radius 3 is 2.79 bits per heavy atom. The van der Waals surface area contributed by atoms with Gasteiger partial charge in [-0.25, -0.2) is 9.78 Å². The van der Waals surface area contributed by atoms with E-state index in [2.05, 4.69) is 42.0 Å². The highest BCUT2D eigenvalue weighted by Gasteiger charge is 2.42. The largest absolute Gasteiger partial charge is 0.477 e. The summed E-state index contributed by atoms with van der Waals surface area (Å²) in [6.45, 7) is 4.38. The Bertz CT molecular complexity index is 951. The third-order valence-electron chi connectivity index (χ3n) is 5.05. The normalized spacial score (nSPS) is 15.6. The average molecular weight is 320 g/mol. The number of carboxylic acids is 1. The number of nitrogens with one attached hydrogen (secondary N) is 1. The number of H-pyrrole nitrogens is 1. The molecule has 3 aromatic rings. The van der Waals surface area contributed by atoms with E-state index in [0.29, 0.717) is 6.42 Å². The van der Waals surface area contributed by atoms with E-state index >= 15 is 0 Å². The van der Waals surface area contributed by atoms with E-state index < -0.39 is 5.97 Å². The fourth-order valence-electron chi connectivity index (χ4n) is 3.38. The van der Waals surface area contributed by atoms with Crippen molar-refractivity contribution in [3.63, 3.8) is 0 Å². The number of aryl methyl sites for hydroxylation is 1. The topological polar surface area (TPSA) is 66.0 Å². The number of rotatable bonds is 4. The van der Waals surface area contributed by atoms with E-state index in [9.17, 15) is 4.79 Å². The van der Waals surface area contributed by atoms with Gasteiger partial charge in [-0.1, -0.05) is 25.1 Å². The van der Waals surface area contributed by atoms with Crippen LogP contribution in [0.5, 0.6) is 0 Å². The van der Waals surface area contributed by atoms with Gasteiger partial charge in [0.05, 0.1) is 0 Å². The molecule has 1 aliphatic carbocycles. The van der Waals surface area contributed by atoms with Crippen molar-refractivity contribution < 1.29 is 9.90 Å². The Labute approximate surface area is 140 Å². The second-order valence-electron chi connectivity index (χ2n) is 7.08. The minimum atomic E-state index is -0.985. The van der Waals surface area contributed by atoms with Crippen LogP contribution in [0.2, 0.25) is 0 Å². The van der Waals surface area contributed by atoms with Crippen molar-refractivity contribution in [3.8, 4) is 0 Å². The van der Waals surface area contributed by atoms with Crippen LogP contribution in [-0.2, 0) is 11.8 Å². The van der Waals surface area contributed by atoms with E-state index in [-0.39, 0.29) is 11.1 Å². The zero-order chi connectivity index (χ0) is 16.9. The van der Waals surface area contributed by atoms with Gasteiger partial charge in [0.25, 0.3) is 0 Å². The second kappa shape index (κ2) is 5.20. The van der Waals surface area contributed by atoms with Crippen molar-refractivity contribution in [1.29, 1.82) is 0 Å². The van der Waals surface area contributed by atoms with Gasteiger partial charge in [0.15, 0.2) is 0 Å². The average Bonchev–Trinajstić information content (AvgIpc) is 3.20. The van der Waals surface area contributed by atoms with Gasteiger partial charge in [-0.05, 0) is 49.1 Å². The number of aromatic nitrogens is 2. The first-order chi connectivity index (χ1) is 11.5. The summed E-state index contributed by atoms with van der Waals surface area (Å²) in [4.78, 5) is 19.1. The third kappa shape index (κ3) is 2.48. The molecule has 1 saturated carbocycles. The summed E-state index contributed by atoms with van der Waals surface area (Å²) < 4.78 is 0. The Balaban J connectivity index is 1.83. The molecule has 1 aliphatic rings. The number of aromatic amines is 1. The van der Waals surface area contributed by atoms with E-state index in [0.717, 1.165) is 11.2 Å². The molecule has 122 valence electrons. The van der Waals surface area contributed by atoms with Crippen molar-refractivity contribution in [1.82, 2.24) is 9.97 Å². The zero-order valence-electron chi connectivity index (χ0n) is 13.9.